The quantitative estimate of drug-likeness (QED) is 0.467. The lowest BCUT2D eigenvalue weighted by molar-refractivity contribution is -0.385. The average Bonchev–Trinajstić information content (AvgIpc) is 2.34. The van der Waals surface area contributed by atoms with Gasteiger partial charge in [0.2, 0.25) is 0 Å². The Bertz CT molecular complexity index is 436. The van der Waals surface area contributed by atoms with Gasteiger partial charge in [-0.15, -0.1) is 0 Å². The molecule has 0 aromatic heterocycles. The van der Waals surface area contributed by atoms with E-state index in [0.717, 1.165) is 0 Å². The summed E-state index contributed by atoms with van der Waals surface area (Å²) in [7, 11) is 0. The first kappa shape index (κ1) is 14.5. The molecular formula is C12H15NO4S. The number of thioether (sulfide) groups is 1. The summed E-state index contributed by atoms with van der Waals surface area (Å²) >= 11 is 1.50. The van der Waals surface area contributed by atoms with Crippen LogP contribution in [-0.4, -0.2) is 27.5 Å². The van der Waals surface area contributed by atoms with Gasteiger partial charge in [0.15, 0.2) is 0 Å². The number of nitro benzene ring substituents is 1. The second kappa shape index (κ2) is 7.00. The van der Waals surface area contributed by atoms with Crippen molar-refractivity contribution in [2.75, 3.05) is 11.5 Å². The number of carbonyl (C=O) groups is 1. The number of hydrogen-bond acceptors (Lipinski definition) is 4. The van der Waals surface area contributed by atoms with E-state index in [9.17, 15) is 14.9 Å². The molecule has 0 saturated carbocycles. The first-order chi connectivity index (χ1) is 8.52. The molecule has 6 heteroatoms. The summed E-state index contributed by atoms with van der Waals surface area (Å²) in [5.74, 6) is 0.00674. The minimum atomic E-state index is -0.812. The first-order valence-corrected chi connectivity index (χ1v) is 6.70. The average molecular weight is 269 g/mol. The number of nitrogens with zero attached hydrogens (tertiary/aromatic N) is 1. The summed E-state index contributed by atoms with van der Waals surface area (Å²) in [4.78, 5) is 21.0. The number of benzene rings is 1. The van der Waals surface area contributed by atoms with Crippen molar-refractivity contribution in [3.63, 3.8) is 0 Å². The third-order valence-corrected chi connectivity index (χ3v) is 3.72. The van der Waals surface area contributed by atoms with Crippen LogP contribution >= 0.6 is 11.8 Å². The van der Waals surface area contributed by atoms with E-state index in [1.807, 2.05) is 0 Å². The van der Waals surface area contributed by atoms with Gasteiger partial charge in [-0.25, -0.2) is 0 Å². The predicted molar refractivity (Wildman–Crippen MR) is 70.9 cm³/mol. The highest BCUT2D eigenvalue weighted by Crippen LogP contribution is 2.20. The number of para-hydroxylation sites is 1. The van der Waals surface area contributed by atoms with Crippen LogP contribution in [0.1, 0.15) is 12.5 Å². The molecule has 0 heterocycles. The largest absolute Gasteiger partial charge is 0.481 e. The van der Waals surface area contributed by atoms with E-state index in [1.165, 1.54) is 17.8 Å². The summed E-state index contributed by atoms with van der Waals surface area (Å²) in [6.45, 7) is 1.65. The zero-order valence-electron chi connectivity index (χ0n) is 10.0. The van der Waals surface area contributed by atoms with Crippen molar-refractivity contribution in [2.45, 2.75) is 13.3 Å². The SMILES string of the molecule is CC(CSCCc1ccccc1[N+](=O)[O-])C(=O)O. The second-order valence-corrected chi connectivity index (χ2v) is 5.10. The molecule has 18 heavy (non-hydrogen) atoms. The smallest absolute Gasteiger partial charge is 0.307 e. The molecule has 0 aliphatic rings. The molecule has 1 atom stereocenters. The van der Waals surface area contributed by atoms with Crippen LogP contribution in [0.25, 0.3) is 0 Å². The van der Waals surface area contributed by atoms with Crippen LogP contribution in [0.3, 0.4) is 0 Å². The van der Waals surface area contributed by atoms with Crippen molar-refractivity contribution in [2.24, 2.45) is 5.92 Å². The predicted octanol–water partition coefficient (Wildman–Crippen LogP) is 2.59. The standard InChI is InChI=1S/C12H15NO4S/c1-9(12(14)15)8-18-7-6-10-4-2-3-5-11(10)13(16)17/h2-5,9H,6-8H2,1H3,(H,14,15). The molecule has 0 radical (unpaired) electrons. The summed E-state index contributed by atoms with van der Waals surface area (Å²) in [5.41, 5.74) is 0.822. The normalized spacial score (nSPS) is 12.1. The Morgan fingerprint density at radius 1 is 1.50 bits per heavy atom. The summed E-state index contributed by atoms with van der Waals surface area (Å²) in [6.07, 6.45) is 0.578. The van der Waals surface area contributed by atoms with Crippen molar-refractivity contribution < 1.29 is 14.8 Å². The van der Waals surface area contributed by atoms with Gasteiger partial charge in [-0.1, -0.05) is 25.1 Å². The Hall–Kier alpha value is -1.56. The monoisotopic (exact) mass is 269 g/mol. The maximum atomic E-state index is 10.8. The van der Waals surface area contributed by atoms with Gasteiger partial charge in [-0.3, -0.25) is 14.9 Å². The van der Waals surface area contributed by atoms with Crippen molar-refractivity contribution in [3.8, 4) is 0 Å². The van der Waals surface area contributed by atoms with E-state index in [-0.39, 0.29) is 16.5 Å². The van der Waals surface area contributed by atoms with Gasteiger partial charge in [-0.2, -0.15) is 11.8 Å². The lowest BCUT2D eigenvalue weighted by atomic mass is 10.1. The fourth-order valence-electron chi connectivity index (χ4n) is 1.41. The Morgan fingerprint density at radius 3 is 2.78 bits per heavy atom. The molecule has 1 aromatic rings. The van der Waals surface area contributed by atoms with Crippen molar-refractivity contribution in [1.82, 2.24) is 0 Å². The van der Waals surface area contributed by atoms with Crippen LogP contribution in [0.2, 0.25) is 0 Å². The van der Waals surface area contributed by atoms with Crippen LogP contribution in [-0.2, 0) is 11.2 Å². The molecular weight excluding hydrogens is 254 g/mol. The van der Waals surface area contributed by atoms with Crippen molar-refractivity contribution >= 4 is 23.4 Å². The zero-order valence-corrected chi connectivity index (χ0v) is 10.9. The molecule has 0 saturated heterocycles. The topological polar surface area (TPSA) is 80.4 Å². The second-order valence-electron chi connectivity index (χ2n) is 3.95. The summed E-state index contributed by atoms with van der Waals surface area (Å²) < 4.78 is 0. The molecule has 0 amide bonds. The molecule has 1 unspecified atom stereocenters. The number of carboxylic acids is 1. The number of hydrogen-bond donors (Lipinski definition) is 1. The third-order valence-electron chi connectivity index (χ3n) is 2.49. The fourth-order valence-corrected chi connectivity index (χ4v) is 2.44. The number of rotatable bonds is 7. The lowest BCUT2D eigenvalue weighted by Crippen LogP contribution is -2.12. The molecule has 0 aliphatic heterocycles. The van der Waals surface area contributed by atoms with E-state index < -0.39 is 5.97 Å². The number of nitro groups is 1. The summed E-state index contributed by atoms with van der Waals surface area (Å²) in [5, 5.41) is 19.5. The van der Waals surface area contributed by atoms with Crippen LogP contribution in [0.4, 0.5) is 5.69 Å². The van der Waals surface area contributed by atoms with Gasteiger partial charge in [-0.05, 0) is 12.2 Å². The number of aliphatic carboxylic acids is 1. The van der Waals surface area contributed by atoms with Gasteiger partial charge < -0.3 is 5.11 Å². The van der Waals surface area contributed by atoms with E-state index in [0.29, 0.717) is 23.5 Å². The van der Waals surface area contributed by atoms with E-state index in [1.54, 1.807) is 25.1 Å². The maximum absolute atomic E-state index is 10.8. The fraction of sp³-hybridized carbons (Fsp3) is 0.417. The molecule has 0 aliphatic carbocycles. The van der Waals surface area contributed by atoms with E-state index in [4.69, 9.17) is 5.11 Å². The number of aryl methyl sites for hydroxylation is 1. The van der Waals surface area contributed by atoms with Gasteiger partial charge in [0.05, 0.1) is 10.8 Å². The maximum Gasteiger partial charge on any atom is 0.307 e. The molecule has 1 rings (SSSR count). The molecule has 0 spiro atoms. The molecule has 1 N–H and O–H groups in total. The molecule has 1 aromatic carbocycles. The highest BCUT2D eigenvalue weighted by molar-refractivity contribution is 7.99. The van der Waals surface area contributed by atoms with Gasteiger partial charge in [0, 0.05) is 17.4 Å². The molecule has 0 bridgehead atoms. The van der Waals surface area contributed by atoms with E-state index in [2.05, 4.69) is 0 Å². The Labute approximate surface area is 109 Å². The Morgan fingerprint density at radius 2 is 2.17 bits per heavy atom. The van der Waals surface area contributed by atoms with Crippen LogP contribution < -0.4 is 0 Å². The third kappa shape index (κ3) is 4.37. The van der Waals surface area contributed by atoms with Crippen LogP contribution in [0.15, 0.2) is 24.3 Å². The van der Waals surface area contributed by atoms with Crippen molar-refractivity contribution in [1.29, 1.82) is 0 Å². The van der Waals surface area contributed by atoms with Crippen molar-refractivity contribution in [3.05, 3.63) is 39.9 Å². The van der Waals surface area contributed by atoms with Crippen LogP contribution in [0.5, 0.6) is 0 Å². The van der Waals surface area contributed by atoms with Gasteiger partial charge in [0.25, 0.3) is 5.69 Å². The highest BCUT2D eigenvalue weighted by atomic mass is 32.2. The Balaban J connectivity index is 2.45. The molecule has 98 valence electrons. The molecule has 0 fully saturated rings. The van der Waals surface area contributed by atoms with E-state index >= 15 is 0 Å². The first-order valence-electron chi connectivity index (χ1n) is 5.55. The molecule has 5 nitrogen and oxygen atoms in total. The van der Waals surface area contributed by atoms with Gasteiger partial charge >= 0.3 is 5.97 Å². The van der Waals surface area contributed by atoms with Crippen LogP contribution in [0, 0.1) is 16.0 Å². The van der Waals surface area contributed by atoms with Gasteiger partial charge in [0.1, 0.15) is 0 Å². The lowest BCUT2D eigenvalue weighted by Gasteiger charge is -2.06. The minimum absolute atomic E-state index is 0.129. The minimum Gasteiger partial charge on any atom is -0.481 e. The Kier molecular flexibility index (Phi) is 5.64. The number of carboxylic acid groups (broad SMARTS) is 1. The zero-order chi connectivity index (χ0) is 13.5. The highest BCUT2D eigenvalue weighted by Gasteiger charge is 2.13. The summed E-state index contributed by atoms with van der Waals surface area (Å²) in [6, 6.07) is 6.63.